The minimum absolute atomic E-state index is 0.189. The standard InChI is InChI=1S/C16H15ClN4O3/c1-16(24)13(15(22)23)7-14(10-3-5-11(17)6-4-10)19-21(16)12-8-18-20(2)9-12/h3-9,24H,1-2H3,(H,22,23). The molecular formula is C16H15ClN4O3. The van der Waals surface area contributed by atoms with Gasteiger partial charge in [0.1, 0.15) is 5.69 Å². The van der Waals surface area contributed by atoms with E-state index in [4.69, 9.17) is 11.6 Å². The lowest BCUT2D eigenvalue weighted by Gasteiger charge is -2.37. The van der Waals surface area contributed by atoms with Crippen LogP contribution in [-0.4, -0.2) is 37.4 Å². The van der Waals surface area contributed by atoms with E-state index in [2.05, 4.69) is 10.2 Å². The Kier molecular flexibility index (Phi) is 3.90. The van der Waals surface area contributed by atoms with Gasteiger partial charge in [0.15, 0.2) is 5.72 Å². The molecule has 3 rings (SSSR count). The maximum absolute atomic E-state index is 11.6. The summed E-state index contributed by atoms with van der Waals surface area (Å²) in [6, 6.07) is 6.85. The SMILES string of the molecule is Cn1cc(N2N=C(c3ccc(Cl)cc3)C=C(C(=O)O)C2(C)O)cn1. The van der Waals surface area contributed by atoms with Gasteiger partial charge in [0.25, 0.3) is 0 Å². The van der Waals surface area contributed by atoms with Crippen LogP contribution in [0.4, 0.5) is 5.69 Å². The Morgan fingerprint density at radius 3 is 2.50 bits per heavy atom. The number of carbonyl (C=O) groups is 1. The van der Waals surface area contributed by atoms with Crippen LogP contribution in [0.5, 0.6) is 0 Å². The Labute approximate surface area is 143 Å². The zero-order valence-corrected chi connectivity index (χ0v) is 13.8. The molecule has 2 N–H and O–H groups in total. The van der Waals surface area contributed by atoms with Crippen LogP contribution in [0.2, 0.25) is 5.02 Å². The highest BCUT2D eigenvalue weighted by molar-refractivity contribution is 6.30. The zero-order valence-electron chi connectivity index (χ0n) is 13.0. The van der Waals surface area contributed by atoms with Crippen LogP contribution >= 0.6 is 11.6 Å². The van der Waals surface area contributed by atoms with Crippen molar-refractivity contribution in [2.24, 2.45) is 12.1 Å². The molecule has 1 aromatic carbocycles. The second-order valence-corrected chi connectivity index (χ2v) is 6.00. The monoisotopic (exact) mass is 346 g/mol. The van der Waals surface area contributed by atoms with E-state index in [1.807, 2.05) is 0 Å². The molecule has 0 amide bonds. The first-order chi connectivity index (χ1) is 11.3. The molecule has 0 aliphatic carbocycles. The smallest absolute Gasteiger partial charge is 0.336 e. The first kappa shape index (κ1) is 16.2. The van der Waals surface area contributed by atoms with Gasteiger partial charge in [-0.25, -0.2) is 9.80 Å². The van der Waals surface area contributed by atoms with Crippen molar-refractivity contribution in [2.45, 2.75) is 12.6 Å². The van der Waals surface area contributed by atoms with Gasteiger partial charge in [-0.15, -0.1) is 0 Å². The highest BCUT2D eigenvalue weighted by Gasteiger charge is 2.41. The fourth-order valence-corrected chi connectivity index (χ4v) is 2.60. The number of allylic oxidation sites excluding steroid dienone is 1. The fraction of sp³-hybridized carbons (Fsp3) is 0.188. The highest BCUT2D eigenvalue weighted by atomic mass is 35.5. The minimum Gasteiger partial charge on any atom is -0.478 e. The van der Waals surface area contributed by atoms with Gasteiger partial charge in [0.05, 0.1) is 17.5 Å². The topological polar surface area (TPSA) is 91.0 Å². The van der Waals surface area contributed by atoms with Crippen LogP contribution in [0.25, 0.3) is 0 Å². The molecule has 2 heterocycles. The lowest BCUT2D eigenvalue weighted by atomic mass is 9.97. The van der Waals surface area contributed by atoms with E-state index in [9.17, 15) is 15.0 Å². The molecule has 2 aromatic rings. The molecule has 0 bridgehead atoms. The van der Waals surface area contributed by atoms with Crippen LogP contribution in [0, 0.1) is 0 Å². The molecule has 7 nitrogen and oxygen atoms in total. The number of hydrogen-bond donors (Lipinski definition) is 2. The van der Waals surface area contributed by atoms with Crippen molar-refractivity contribution in [3.05, 3.63) is 58.9 Å². The number of benzene rings is 1. The highest BCUT2D eigenvalue weighted by Crippen LogP contribution is 2.32. The number of nitrogens with zero attached hydrogens (tertiary/aromatic N) is 4. The van der Waals surface area contributed by atoms with Crippen molar-refractivity contribution < 1.29 is 15.0 Å². The minimum atomic E-state index is -1.81. The molecule has 1 unspecified atom stereocenters. The Balaban J connectivity index is 2.15. The molecule has 0 saturated carbocycles. The Morgan fingerprint density at radius 2 is 1.96 bits per heavy atom. The van der Waals surface area contributed by atoms with E-state index in [1.165, 1.54) is 24.2 Å². The number of aryl methyl sites for hydroxylation is 1. The number of hydrogen-bond acceptors (Lipinski definition) is 5. The third kappa shape index (κ3) is 2.79. The van der Waals surface area contributed by atoms with Crippen molar-refractivity contribution in [3.8, 4) is 0 Å². The normalized spacial score (nSPS) is 20.6. The third-order valence-corrected chi connectivity index (χ3v) is 3.97. The summed E-state index contributed by atoms with van der Waals surface area (Å²) in [6.45, 7) is 1.38. The molecule has 1 aromatic heterocycles. The van der Waals surface area contributed by atoms with E-state index in [-0.39, 0.29) is 5.57 Å². The fourth-order valence-electron chi connectivity index (χ4n) is 2.47. The Morgan fingerprint density at radius 1 is 1.29 bits per heavy atom. The van der Waals surface area contributed by atoms with E-state index in [0.717, 1.165) is 0 Å². The van der Waals surface area contributed by atoms with Crippen molar-refractivity contribution in [1.82, 2.24) is 9.78 Å². The second kappa shape index (κ2) is 5.77. The van der Waals surface area contributed by atoms with Crippen LogP contribution in [0.1, 0.15) is 12.5 Å². The van der Waals surface area contributed by atoms with Crippen molar-refractivity contribution in [2.75, 3.05) is 5.01 Å². The lowest BCUT2D eigenvalue weighted by Crippen LogP contribution is -2.50. The average Bonchev–Trinajstić information content (AvgIpc) is 2.93. The second-order valence-electron chi connectivity index (χ2n) is 5.56. The van der Waals surface area contributed by atoms with Gasteiger partial charge >= 0.3 is 5.97 Å². The predicted octanol–water partition coefficient (Wildman–Crippen LogP) is 2.02. The van der Waals surface area contributed by atoms with Crippen molar-refractivity contribution in [3.63, 3.8) is 0 Å². The van der Waals surface area contributed by atoms with Gasteiger partial charge < -0.3 is 10.2 Å². The van der Waals surface area contributed by atoms with E-state index in [1.54, 1.807) is 42.2 Å². The maximum atomic E-state index is 11.6. The van der Waals surface area contributed by atoms with E-state index >= 15 is 0 Å². The number of rotatable bonds is 3. The van der Waals surface area contributed by atoms with Gasteiger partial charge in [-0.05, 0) is 25.1 Å². The van der Waals surface area contributed by atoms with E-state index < -0.39 is 11.7 Å². The summed E-state index contributed by atoms with van der Waals surface area (Å²) in [4.78, 5) is 11.6. The van der Waals surface area contributed by atoms with Crippen molar-refractivity contribution >= 4 is 29.0 Å². The number of halogens is 1. The average molecular weight is 347 g/mol. The number of carboxylic acids is 1. The molecule has 1 aliphatic rings. The largest absolute Gasteiger partial charge is 0.478 e. The molecule has 8 heteroatoms. The summed E-state index contributed by atoms with van der Waals surface area (Å²) in [5.74, 6) is -1.23. The summed E-state index contributed by atoms with van der Waals surface area (Å²) >= 11 is 5.89. The summed E-state index contributed by atoms with van der Waals surface area (Å²) < 4.78 is 1.54. The van der Waals surface area contributed by atoms with Crippen LogP contribution in [0.3, 0.4) is 0 Å². The lowest BCUT2D eigenvalue weighted by molar-refractivity contribution is -0.135. The summed E-state index contributed by atoms with van der Waals surface area (Å²) in [5.41, 5.74) is -0.445. The molecule has 0 radical (unpaired) electrons. The molecule has 124 valence electrons. The quantitative estimate of drug-likeness (QED) is 0.887. The molecule has 0 spiro atoms. The zero-order chi connectivity index (χ0) is 17.5. The summed E-state index contributed by atoms with van der Waals surface area (Å²) in [7, 11) is 1.72. The Hall–Kier alpha value is -2.64. The maximum Gasteiger partial charge on any atom is 0.336 e. The number of aliphatic hydroxyl groups is 1. The molecule has 0 fully saturated rings. The Bertz CT molecular complexity index is 852. The molecular weight excluding hydrogens is 332 g/mol. The first-order valence-corrected chi connectivity index (χ1v) is 7.48. The molecule has 1 aliphatic heterocycles. The molecule has 24 heavy (non-hydrogen) atoms. The van der Waals surface area contributed by atoms with Crippen LogP contribution in [-0.2, 0) is 11.8 Å². The number of aliphatic carboxylic acids is 1. The third-order valence-electron chi connectivity index (χ3n) is 3.72. The van der Waals surface area contributed by atoms with Gasteiger partial charge in [-0.3, -0.25) is 4.68 Å². The van der Waals surface area contributed by atoms with Crippen molar-refractivity contribution in [1.29, 1.82) is 0 Å². The number of aromatic nitrogens is 2. The number of anilines is 1. The summed E-state index contributed by atoms with van der Waals surface area (Å²) in [6.07, 6.45) is 4.50. The van der Waals surface area contributed by atoms with Gasteiger partial charge in [-0.2, -0.15) is 10.2 Å². The number of hydrazone groups is 1. The van der Waals surface area contributed by atoms with Crippen LogP contribution < -0.4 is 5.01 Å². The van der Waals surface area contributed by atoms with Crippen LogP contribution in [0.15, 0.2) is 53.4 Å². The molecule has 0 saturated heterocycles. The predicted molar refractivity (Wildman–Crippen MR) is 90.0 cm³/mol. The number of carboxylic acid groups (broad SMARTS) is 1. The summed E-state index contributed by atoms with van der Waals surface area (Å²) in [5, 5.41) is 30.5. The van der Waals surface area contributed by atoms with Gasteiger partial charge in [0, 0.05) is 23.8 Å². The van der Waals surface area contributed by atoms with Gasteiger partial charge in [-0.1, -0.05) is 23.7 Å². The van der Waals surface area contributed by atoms with Gasteiger partial charge in [0.2, 0.25) is 0 Å². The first-order valence-electron chi connectivity index (χ1n) is 7.10. The van der Waals surface area contributed by atoms with E-state index in [0.29, 0.717) is 22.0 Å². The molecule has 1 atom stereocenters.